The van der Waals surface area contributed by atoms with Crippen LogP contribution in [0.1, 0.15) is 33.8 Å². The van der Waals surface area contributed by atoms with E-state index >= 15 is 0 Å². The predicted molar refractivity (Wildman–Crippen MR) is 129 cm³/mol. The number of phenols is 1. The number of nitrogens with one attached hydrogen (secondary N) is 1. The number of nitrogens with zero attached hydrogens (tertiary/aromatic N) is 3. The number of para-hydroxylation sites is 2. The maximum absolute atomic E-state index is 11.5. The number of hydrogen-bond acceptors (Lipinski definition) is 4. The number of rotatable bonds is 5. The Balaban J connectivity index is 1.68. The molecule has 1 saturated heterocycles. The third-order valence-corrected chi connectivity index (χ3v) is 6.01. The first-order chi connectivity index (χ1) is 16.0. The number of aromatic nitrogens is 2. The van der Waals surface area contributed by atoms with Crippen molar-refractivity contribution in [3.63, 3.8) is 0 Å². The van der Waals surface area contributed by atoms with Crippen molar-refractivity contribution in [2.24, 2.45) is 0 Å². The zero-order valence-electron chi connectivity index (χ0n) is 17.4. The van der Waals surface area contributed by atoms with E-state index < -0.39 is 5.97 Å². The Hall–Kier alpha value is -4.17. The van der Waals surface area contributed by atoms with Gasteiger partial charge in [0.05, 0.1) is 23.0 Å². The first kappa shape index (κ1) is 20.7. The molecule has 2 atom stereocenters. The van der Waals surface area contributed by atoms with E-state index in [0.29, 0.717) is 16.5 Å². The summed E-state index contributed by atoms with van der Waals surface area (Å²) in [5, 5.41) is 23.9. The summed E-state index contributed by atoms with van der Waals surface area (Å²) in [5.41, 5.74) is 3.15. The molecule has 0 radical (unpaired) electrons. The number of carboxylic acid groups (broad SMARTS) is 1. The fraction of sp³-hybridized carbons (Fsp3) is 0.0800. The highest BCUT2D eigenvalue weighted by molar-refractivity contribution is 7.80. The zero-order valence-corrected chi connectivity index (χ0v) is 18.2. The van der Waals surface area contributed by atoms with Gasteiger partial charge in [-0.25, -0.2) is 4.79 Å². The molecule has 164 valence electrons. The Morgan fingerprint density at radius 3 is 2.58 bits per heavy atom. The molecule has 2 aromatic carbocycles. The molecule has 3 heterocycles. The first-order valence-electron chi connectivity index (χ1n) is 10.3. The van der Waals surface area contributed by atoms with Crippen LogP contribution in [0.15, 0.2) is 91.3 Å². The standard InChI is InChI=1S/C25H20N4O3S/c30-21-12-2-1-10-19(21)29-23(22(27-25(29)33)18-9-3-4-13-26-18)20-11-6-14-28(20)17-8-5-7-16(15-17)24(31)32/h1-15,22-23,30H,(H,27,33)(H,31,32)/t22-,23-/m0/s1. The van der Waals surface area contributed by atoms with Crippen LogP contribution in [0.2, 0.25) is 0 Å². The predicted octanol–water partition coefficient (Wildman–Crippen LogP) is 4.45. The van der Waals surface area contributed by atoms with Crippen molar-refractivity contribution < 1.29 is 15.0 Å². The van der Waals surface area contributed by atoms with Crippen LogP contribution in [-0.4, -0.2) is 30.8 Å². The summed E-state index contributed by atoms with van der Waals surface area (Å²) < 4.78 is 1.94. The second-order valence-electron chi connectivity index (χ2n) is 7.64. The number of anilines is 1. The van der Waals surface area contributed by atoms with Gasteiger partial charge in [0.2, 0.25) is 0 Å². The first-order valence-corrected chi connectivity index (χ1v) is 10.7. The quantitative estimate of drug-likeness (QED) is 0.382. The fourth-order valence-electron chi connectivity index (χ4n) is 4.24. The number of benzene rings is 2. The molecule has 4 aromatic rings. The summed E-state index contributed by atoms with van der Waals surface area (Å²) in [6.07, 6.45) is 3.62. The van der Waals surface area contributed by atoms with Crippen LogP contribution in [0, 0.1) is 0 Å². The van der Waals surface area contributed by atoms with Gasteiger partial charge in [0.1, 0.15) is 11.8 Å². The van der Waals surface area contributed by atoms with Gasteiger partial charge in [0.15, 0.2) is 5.11 Å². The molecule has 1 aliphatic rings. The second kappa shape index (κ2) is 8.40. The molecule has 2 aromatic heterocycles. The number of pyridine rings is 1. The molecule has 3 N–H and O–H groups in total. The Bertz CT molecular complexity index is 1340. The number of thiocarbonyl (C=S) groups is 1. The van der Waals surface area contributed by atoms with E-state index in [1.807, 2.05) is 64.2 Å². The van der Waals surface area contributed by atoms with E-state index in [4.69, 9.17) is 12.2 Å². The van der Waals surface area contributed by atoms with Gasteiger partial charge < -0.3 is 25.0 Å². The SMILES string of the molecule is O=C(O)c1cccc(-n2cccc2[C@H]2[C@H](c3ccccn3)NC(=S)N2c2ccccc2O)c1. The molecule has 0 saturated carbocycles. The summed E-state index contributed by atoms with van der Waals surface area (Å²) in [5.74, 6) is -0.879. The van der Waals surface area contributed by atoms with Crippen molar-refractivity contribution in [1.29, 1.82) is 0 Å². The molecule has 8 heteroatoms. The number of aromatic carboxylic acids is 1. The minimum absolute atomic E-state index is 0.110. The lowest BCUT2D eigenvalue weighted by molar-refractivity contribution is 0.0697. The minimum Gasteiger partial charge on any atom is -0.506 e. The highest BCUT2D eigenvalue weighted by Gasteiger charge is 2.42. The van der Waals surface area contributed by atoms with Crippen molar-refractivity contribution in [2.75, 3.05) is 4.90 Å². The third-order valence-electron chi connectivity index (χ3n) is 5.69. The number of phenolic OH excluding ortho intramolecular Hbond substituents is 1. The van der Waals surface area contributed by atoms with Gasteiger partial charge in [0.25, 0.3) is 0 Å². The summed E-state index contributed by atoms with van der Waals surface area (Å²) in [7, 11) is 0. The number of hydrogen-bond donors (Lipinski definition) is 3. The van der Waals surface area contributed by atoms with Crippen molar-refractivity contribution in [3.05, 3.63) is 108 Å². The topological polar surface area (TPSA) is 90.6 Å². The van der Waals surface area contributed by atoms with Crippen molar-refractivity contribution >= 4 is 29.0 Å². The molecule has 0 bridgehead atoms. The average molecular weight is 457 g/mol. The normalized spacial score (nSPS) is 17.7. The van der Waals surface area contributed by atoms with Crippen molar-refractivity contribution in [3.8, 4) is 11.4 Å². The van der Waals surface area contributed by atoms with Gasteiger partial charge >= 0.3 is 5.97 Å². The maximum Gasteiger partial charge on any atom is 0.335 e. The molecule has 0 amide bonds. The van der Waals surface area contributed by atoms with Gasteiger partial charge in [-0.3, -0.25) is 4.98 Å². The van der Waals surface area contributed by atoms with Crippen LogP contribution < -0.4 is 10.2 Å². The zero-order chi connectivity index (χ0) is 22.9. The van der Waals surface area contributed by atoms with Gasteiger partial charge in [-0.05, 0) is 66.8 Å². The van der Waals surface area contributed by atoms with Gasteiger partial charge in [0, 0.05) is 23.8 Å². The van der Waals surface area contributed by atoms with Crippen molar-refractivity contribution in [2.45, 2.75) is 12.1 Å². The summed E-state index contributed by atoms with van der Waals surface area (Å²) in [6, 6.07) is 22.7. The Morgan fingerprint density at radius 1 is 1.00 bits per heavy atom. The highest BCUT2D eigenvalue weighted by Crippen LogP contribution is 2.44. The Kier molecular flexibility index (Phi) is 5.27. The molecule has 0 spiro atoms. The highest BCUT2D eigenvalue weighted by atomic mass is 32.1. The number of carbonyl (C=O) groups is 1. The smallest absolute Gasteiger partial charge is 0.335 e. The molecule has 1 aliphatic heterocycles. The van der Waals surface area contributed by atoms with E-state index in [9.17, 15) is 15.0 Å². The molecule has 0 unspecified atom stereocenters. The monoisotopic (exact) mass is 456 g/mol. The number of carboxylic acids is 1. The molecule has 33 heavy (non-hydrogen) atoms. The van der Waals surface area contributed by atoms with E-state index in [1.165, 1.54) is 0 Å². The Labute approximate surface area is 195 Å². The molecule has 5 rings (SSSR count). The van der Waals surface area contributed by atoms with E-state index in [1.54, 1.807) is 36.5 Å². The van der Waals surface area contributed by atoms with Gasteiger partial charge in [-0.1, -0.05) is 24.3 Å². The molecular formula is C25H20N4O3S. The van der Waals surface area contributed by atoms with Crippen LogP contribution in [0.5, 0.6) is 5.75 Å². The van der Waals surface area contributed by atoms with Gasteiger partial charge in [-0.2, -0.15) is 0 Å². The fourth-order valence-corrected chi connectivity index (χ4v) is 4.58. The molecule has 1 fully saturated rings. The molecule has 0 aliphatic carbocycles. The van der Waals surface area contributed by atoms with E-state index in [-0.39, 0.29) is 23.4 Å². The van der Waals surface area contributed by atoms with Crippen molar-refractivity contribution in [1.82, 2.24) is 14.9 Å². The van der Waals surface area contributed by atoms with Gasteiger partial charge in [-0.15, -0.1) is 0 Å². The van der Waals surface area contributed by atoms with Crippen LogP contribution in [0.25, 0.3) is 5.69 Å². The minimum atomic E-state index is -0.989. The lowest BCUT2D eigenvalue weighted by atomic mass is 10.0. The largest absolute Gasteiger partial charge is 0.506 e. The van der Waals surface area contributed by atoms with Crippen LogP contribution >= 0.6 is 12.2 Å². The lowest BCUT2D eigenvalue weighted by Crippen LogP contribution is -2.30. The summed E-state index contributed by atoms with van der Waals surface area (Å²) >= 11 is 5.71. The van der Waals surface area contributed by atoms with E-state index in [2.05, 4.69) is 10.3 Å². The maximum atomic E-state index is 11.5. The molecular weight excluding hydrogens is 436 g/mol. The summed E-state index contributed by atoms with van der Waals surface area (Å²) in [6.45, 7) is 0. The van der Waals surface area contributed by atoms with Crippen LogP contribution in [0.3, 0.4) is 0 Å². The lowest BCUT2D eigenvalue weighted by Gasteiger charge is -2.29. The molecule has 7 nitrogen and oxygen atoms in total. The third kappa shape index (κ3) is 3.70. The second-order valence-corrected chi connectivity index (χ2v) is 8.03. The average Bonchev–Trinajstić information content (AvgIpc) is 3.44. The van der Waals surface area contributed by atoms with E-state index in [0.717, 1.165) is 11.4 Å². The summed E-state index contributed by atoms with van der Waals surface area (Å²) in [4.78, 5) is 18.0. The van der Waals surface area contributed by atoms with Crippen LogP contribution in [0.4, 0.5) is 5.69 Å². The Morgan fingerprint density at radius 2 is 1.82 bits per heavy atom. The van der Waals surface area contributed by atoms with Crippen LogP contribution in [-0.2, 0) is 0 Å². The number of aromatic hydroxyl groups is 1.